The zero-order valence-electron chi connectivity index (χ0n) is 10.3. The first kappa shape index (κ1) is 12.7. The third-order valence-corrected chi connectivity index (χ3v) is 2.78. The number of nitro benzene ring substituents is 1. The fraction of sp³-hybridized carbons (Fsp3) is 0.167. The zero-order chi connectivity index (χ0) is 14.2. The third-order valence-electron chi connectivity index (χ3n) is 2.78. The van der Waals surface area contributed by atoms with Crippen LogP contribution >= 0.6 is 0 Å². The van der Waals surface area contributed by atoms with Crippen molar-refractivity contribution in [2.45, 2.75) is 13.8 Å². The van der Waals surface area contributed by atoms with E-state index in [4.69, 9.17) is 5.11 Å². The molecular formula is C12H11N3O4. The van der Waals surface area contributed by atoms with Crippen molar-refractivity contribution in [1.82, 2.24) is 9.78 Å². The smallest absolute Gasteiger partial charge is 0.339 e. The highest BCUT2D eigenvalue weighted by Gasteiger charge is 2.15. The predicted molar refractivity (Wildman–Crippen MR) is 66.7 cm³/mol. The maximum absolute atomic E-state index is 10.9. The summed E-state index contributed by atoms with van der Waals surface area (Å²) >= 11 is 0. The number of rotatable bonds is 3. The number of aromatic carboxylic acids is 1. The van der Waals surface area contributed by atoms with E-state index in [9.17, 15) is 14.9 Å². The molecule has 1 aromatic carbocycles. The summed E-state index contributed by atoms with van der Waals surface area (Å²) in [5, 5.41) is 23.9. The lowest BCUT2D eigenvalue weighted by Gasteiger charge is -2.02. The van der Waals surface area contributed by atoms with E-state index in [0.717, 1.165) is 0 Å². The molecule has 1 heterocycles. The normalized spacial score (nSPS) is 10.4. The first-order chi connectivity index (χ1) is 8.90. The van der Waals surface area contributed by atoms with E-state index in [1.54, 1.807) is 26.0 Å². The van der Waals surface area contributed by atoms with Gasteiger partial charge in [-0.05, 0) is 19.9 Å². The lowest BCUT2D eigenvalue weighted by Crippen LogP contribution is -1.98. The SMILES string of the molecule is Cc1ccc(-n2cc(C(=O)O)c(C)n2)cc1[N+](=O)[O-]. The second kappa shape index (κ2) is 4.52. The van der Waals surface area contributed by atoms with E-state index in [-0.39, 0.29) is 11.3 Å². The van der Waals surface area contributed by atoms with Crippen LogP contribution in [0.5, 0.6) is 0 Å². The van der Waals surface area contributed by atoms with Crippen LogP contribution in [0.15, 0.2) is 24.4 Å². The van der Waals surface area contributed by atoms with Crippen LogP contribution in [0.3, 0.4) is 0 Å². The van der Waals surface area contributed by atoms with Gasteiger partial charge in [-0.15, -0.1) is 0 Å². The van der Waals surface area contributed by atoms with E-state index in [1.165, 1.54) is 16.9 Å². The quantitative estimate of drug-likeness (QED) is 0.673. The topological polar surface area (TPSA) is 98.3 Å². The van der Waals surface area contributed by atoms with Gasteiger partial charge in [0.2, 0.25) is 0 Å². The molecule has 0 fully saturated rings. The van der Waals surface area contributed by atoms with E-state index in [2.05, 4.69) is 5.10 Å². The molecule has 7 heteroatoms. The van der Waals surface area contributed by atoms with Crippen molar-refractivity contribution < 1.29 is 14.8 Å². The lowest BCUT2D eigenvalue weighted by atomic mass is 10.2. The van der Waals surface area contributed by atoms with E-state index in [0.29, 0.717) is 16.9 Å². The number of carboxylic acid groups (broad SMARTS) is 1. The van der Waals surface area contributed by atoms with Crippen molar-refractivity contribution in [1.29, 1.82) is 0 Å². The summed E-state index contributed by atoms with van der Waals surface area (Å²) in [6.45, 7) is 3.21. The minimum Gasteiger partial charge on any atom is -0.478 e. The van der Waals surface area contributed by atoms with Crippen LogP contribution in [-0.2, 0) is 0 Å². The fourth-order valence-electron chi connectivity index (χ4n) is 1.74. The predicted octanol–water partition coefficient (Wildman–Crippen LogP) is 2.10. The Labute approximate surface area is 108 Å². The average Bonchev–Trinajstić information content (AvgIpc) is 2.71. The number of aromatic nitrogens is 2. The number of hydrogen-bond donors (Lipinski definition) is 1. The molecule has 0 saturated heterocycles. The van der Waals surface area contributed by atoms with Gasteiger partial charge in [0.25, 0.3) is 5.69 Å². The summed E-state index contributed by atoms with van der Waals surface area (Å²) in [4.78, 5) is 21.3. The molecule has 1 aromatic heterocycles. The molecule has 1 N–H and O–H groups in total. The van der Waals surface area contributed by atoms with Crippen molar-refractivity contribution >= 4 is 11.7 Å². The zero-order valence-corrected chi connectivity index (χ0v) is 10.3. The Bertz CT molecular complexity index is 676. The molecule has 0 spiro atoms. The molecular weight excluding hydrogens is 250 g/mol. The highest BCUT2D eigenvalue weighted by atomic mass is 16.6. The van der Waals surface area contributed by atoms with Crippen LogP contribution in [-0.4, -0.2) is 25.8 Å². The summed E-state index contributed by atoms with van der Waals surface area (Å²) in [7, 11) is 0. The molecule has 0 atom stereocenters. The molecule has 0 saturated carbocycles. The Balaban J connectivity index is 2.53. The van der Waals surface area contributed by atoms with E-state index in [1.807, 2.05) is 0 Å². The molecule has 0 bridgehead atoms. The van der Waals surface area contributed by atoms with Gasteiger partial charge in [0.1, 0.15) is 5.56 Å². The number of carboxylic acids is 1. The Morgan fingerprint density at radius 3 is 2.63 bits per heavy atom. The average molecular weight is 261 g/mol. The Kier molecular flexibility index (Phi) is 3.04. The molecule has 0 aliphatic heterocycles. The van der Waals surface area contributed by atoms with Crippen LogP contribution in [0.4, 0.5) is 5.69 Å². The molecule has 0 aliphatic rings. The molecule has 2 rings (SSSR count). The van der Waals surface area contributed by atoms with Gasteiger partial charge in [-0.25, -0.2) is 9.48 Å². The van der Waals surface area contributed by atoms with Gasteiger partial charge in [0, 0.05) is 17.8 Å². The van der Waals surface area contributed by atoms with Crippen LogP contribution in [0.2, 0.25) is 0 Å². The Morgan fingerprint density at radius 1 is 1.42 bits per heavy atom. The molecule has 0 amide bonds. The summed E-state index contributed by atoms with van der Waals surface area (Å²) in [6, 6.07) is 4.62. The molecule has 0 aliphatic carbocycles. The van der Waals surface area contributed by atoms with Gasteiger partial charge >= 0.3 is 5.97 Å². The molecule has 7 nitrogen and oxygen atoms in total. The van der Waals surface area contributed by atoms with Crippen molar-refractivity contribution in [2.24, 2.45) is 0 Å². The van der Waals surface area contributed by atoms with E-state index < -0.39 is 10.9 Å². The summed E-state index contributed by atoms with van der Waals surface area (Å²) in [5.41, 5.74) is 1.39. The van der Waals surface area contributed by atoms with Crippen LogP contribution in [0.25, 0.3) is 5.69 Å². The minimum absolute atomic E-state index is 0.0254. The number of nitrogens with zero attached hydrogens (tertiary/aromatic N) is 3. The Hall–Kier alpha value is -2.70. The number of aryl methyl sites for hydroxylation is 2. The number of nitro groups is 1. The van der Waals surface area contributed by atoms with E-state index >= 15 is 0 Å². The third kappa shape index (κ3) is 2.30. The second-order valence-corrected chi connectivity index (χ2v) is 4.11. The molecule has 0 unspecified atom stereocenters. The molecule has 2 aromatic rings. The number of benzene rings is 1. The Morgan fingerprint density at radius 2 is 2.11 bits per heavy atom. The number of carbonyl (C=O) groups is 1. The second-order valence-electron chi connectivity index (χ2n) is 4.11. The lowest BCUT2D eigenvalue weighted by molar-refractivity contribution is -0.385. The standard InChI is InChI=1S/C12H11N3O4/c1-7-3-4-9(5-11(7)15(18)19)14-6-10(12(16)17)8(2)13-14/h3-6H,1-2H3,(H,16,17). The highest BCUT2D eigenvalue weighted by Crippen LogP contribution is 2.22. The molecule has 0 radical (unpaired) electrons. The fourth-order valence-corrected chi connectivity index (χ4v) is 1.74. The van der Waals surface area contributed by atoms with Gasteiger partial charge in [-0.3, -0.25) is 10.1 Å². The van der Waals surface area contributed by atoms with Gasteiger partial charge < -0.3 is 5.11 Å². The van der Waals surface area contributed by atoms with Gasteiger partial charge in [0.05, 0.1) is 16.3 Å². The van der Waals surface area contributed by atoms with Crippen molar-refractivity contribution in [3.63, 3.8) is 0 Å². The maximum Gasteiger partial charge on any atom is 0.339 e. The summed E-state index contributed by atoms with van der Waals surface area (Å²) < 4.78 is 1.32. The highest BCUT2D eigenvalue weighted by molar-refractivity contribution is 5.88. The van der Waals surface area contributed by atoms with Crippen molar-refractivity contribution in [3.05, 3.63) is 51.3 Å². The maximum atomic E-state index is 10.9. The first-order valence-corrected chi connectivity index (χ1v) is 5.45. The summed E-state index contributed by atoms with van der Waals surface area (Å²) in [5.74, 6) is -1.08. The van der Waals surface area contributed by atoms with Crippen molar-refractivity contribution in [2.75, 3.05) is 0 Å². The van der Waals surface area contributed by atoms with Gasteiger partial charge in [-0.2, -0.15) is 5.10 Å². The summed E-state index contributed by atoms with van der Waals surface area (Å²) in [6.07, 6.45) is 1.34. The largest absolute Gasteiger partial charge is 0.478 e. The minimum atomic E-state index is -1.08. The van der Waals surface area contributed by atoms with Crippen LogP contribution in [0, 0.1) is 24.0 Å². The van der Waals surface area contributed by atoms with Crippen LogP contribution < -0.4 is 0 Å². The van der Waals surface area contributed by atoms with Crippen LogP contribution in [0.1, 0.15) is 21.6 Å². The van der Waals surface area contributed by atoms with Gasteiger partial charge in [0.15, 0.2) is 0 Å². The number of hydrogen-bond acceptors (Lipinski definition) is 4. The molecule has 98 valence electrons. The molecule has 19 heavy (non-hydrogen) atoms. The first-order valence-electron chi connectivity index (χ1n) is 5.45. The van der Waals surface area contributed by atoms with Gasteiger partial charge in [-0.1, -0.05) is 6.07 Å². The monoisotopic (exact) mass is 261 g/mol. The van der Waals surface area contributed by atoms with Crippen molar-refractivity contribution in [3.8, 4) is 5.69 Å².